The van der Waals surface area contributed by atoms with E-state index < -0.39 is 0 Å². The maximum atomic E-state index is 10.3. The fourth-order valence-electron chi connectivity index (χ4n) is 7.71. The molecule has 0 aliphatic heterocycles. The Morgan fingerprint density at radius 2 is 1.26 bits per heavy atom. The zero-order valence-corrected chi connectivity index (χ0v) is 26.9. The average Bonchev–Trinajstić information content (AvgIpc) is 3.70. The minimum absolute atomic E-state index is 0.573. The van der Waals surface area contributed by atoms with E-state index in [0.29, 0.717) is 16.7 Å². The number of hydrogen-bond donors (Lipinski definition) is 0. The standard InChI is InChI=1S/C45H27N5/c46-26-29-16-23-43-39(24-29)37-11-3-4-12-40(37)49(43)34-22-21-32(27-47)38(25-34)30-17-19-31(20-18-30)45-33(28-48)8-7-15-44(45)50-41-13-5-1-9-35(41)36-10-2-6-14-42(36)50/h1,3-9,11-25H,2,10H2. The van der Waals surface area contributed by atoms with Crippen molar-refractivity contribution in [3.05, 3.63) is 161 Å². The molecule has 1 aliphatic carbocycles. The summed E-state index contributed by atoms with van der Waals surface area (Å²) in [6.07, 6.45) is 6.43. The summed E-state index contributed by atoms with van der Waals surface area (Å²) in [4.78, 5) is 0. The Morgan fingerprint density at radius 1 is 0.540 bits per heavy atom. The number of para-hydroxylation sites is 2. The molecular weight excluding hydrogens is 611 g/mol. The van der Waals surface area contributed by atoms with Crippen molar-refractivity contribution < 1.29 is 0 Å². The minimum atomic E-state index is 0.573. The first-order chi connectivity index (χ1) is 24.7. The quantitative estimate of drug-likeness (QED) is 0.193. The predicted octanol–water partition coefficient (Wildman–Crippen LogP) is 10.6. The highest BCUT2D eigenvalue weighted by Crippen LogP contribution is 2.40. The van der Waals surface area contributed by atoms with Crippen molar-refractivity contribution >= 4 is 38.8 Å². The lowest BCUT2D eigenvalue weighted by Gasteiger charge is -2.18. The highest BCUT2D eigenvalue weighted by molar-refractivity contribution is 6.09. The number of nitrogens with zero attached hydrogens (tertiary/aromatic N) is 5. The van der Waals surface area contributed by atoms with Gasteiger partial charge in [0, 0.05) is 38.7 Å². The van der Waals surface area contributed by atoms with Gasteiger partial charge in [-0.2, -0.15) is 15.8 Å². The molecular formula is C45H27N5. The van der Waals surface area contributed by atoms with Crippen LogP contribution in [0.1, 0.15) is 34.4 Å². The maximum absolute atomic E-state index is 10.3. The van der Waals surface area contributed by atoms with Crippen molar-refractivity contribution in [3.63, 3.8) is 0 Å². The molecule has 5 nitrogen and oxygen atoms in total. The molecule has 0 atom stereocenters. The third kappa shape index (κ3) is 4.37. The van der Waals surface area contributed by atoms with Gasteiger partial charge >= 0.3 is 0 Å². The van der Waals surface area contributed by atoms with Gasteiger partial charge in [-0.1, -0.05) is 72.8 Å². The second kappa shape index (κ2) is 11.5. The van der Waals surface area contributed by atoms with Crippen LogP contribution in [-0.2, 0) is 6.42 Å². The molecule has 232 valence electrons. The number of rotatable bonds is 4. The van der Waals surface area contributed by atoms with E-state index in [1.165, 1.54) is 10.9 Å². The third-order valence-corrected chi connectivity index (χ3v) is 9.93. The summed E-state index contributed by atoms with van der Waals surface area (Å²) in [5.41, 5.74) is 12.9. The van der Waals surface area contributed by atoms with Crippen LogP contribution in [-0.4, -0.2) is 9.13 Å². The van der Waals surface area contributed by atoms with Crippen LogP contribution in [0.15, 0.2) is 133 Å². The second-order valence-electron chi connectivity index (χ2n) is 12.6. The van der Waals surface area contributed by atoms with E-state index in [-0.39, 0.29) is 0 Å². The summed E-state index contributed by atoms with van der Waals surface area (Å²) >= 11 is 0. The highest BCUT2D eigenvalue weighted by Gasteiger charge is 2.22. The first kappa shape index (κ1) is 29.0. The van der Waals surface area contributed by atoms with Gasteiger partial charge in [0.15, 0.2) is 0 Å². The van der Waals surface area contributed by atoms with Crippen LogP contribution in [0.2, 0.25) is 0 Å². The number of hydrogen-bond acceptors (Lipinski definition) is 3. The zero-order chi connectivity index (χ0) is 33.8. The van der Waals surface area contributed by atoms with E-state index in [9.17, 15) is 15.8 Å². The van der Waals surface area contributed by atoms with Gasteiger partial charge in [-0.3, -0.25) is 0 Å². The van der Waals surface area contributed by atoms with Crippen molar-refractivity contribution in [1.82, 2.24) is 9.13 Å². The lowest BCUT2D eigenvalue weighted by Crippen LogP contribution is -2.03. The molecule has 0 saturated carbocycles. The van der Waals surface area contributed by atoms with Gasteiger partial charge in [-0.15, -0.1) is 0 Å². The second-order valence-corrected chi connectivity index (χ2v) is 12.6. The Morgan fingerprint density at radius 3 is 2.04 bits per heavy atom. The van der Waals surface area contributed by atoms with Crippen LogP contribution in [0, 0.1) is 34.0 Å². The molecule has 0 N–H and O–H groups in total. The van der Waals surface area contributed by atoms with Gasteiger partial charge in [0.1, 0.15) is 0 Å². The topological polar surface area (TPSA) is 81.2 Å². The summed E-state index contributed by atoms with van der Waals surface area (Å²) in [7, 11) is 0. The molecule has 0 amide bonds. The number of nitriles is 3. The largest absolute Gasteiger partial charge is 0.309 e. The van der Waals surface area contributed by atoms with Crippen molar-refractivity contribution in [2.45, 2.75) is 12.8 Å². The van der Waals surface area contributed by atoms with Crippen LogP contribution < -0.4 is 0 Å². The molecule has 0 saturated heterocycles. The molecule has 8 aromatic rings. The Bertz CT molecular complexity index is 2840. The first-order valence-corrected chi connectivity index (χ1v) is 16.6. The Kier molecular flexibility index (Phi) is 6.70. The maximum Gasteiger partial charge on any atom is 0.0998 e. The third-order valence-electron chi connectivity index (χ3n) is 9.93. The molecule has 0 bridgehead atoms. The molecule has 0 unspecified atom stereocenters. The molecule has 2 heterocycles. The van der Waals surface area contributed by atoms with Gasteiger partial charge in [0.25, 0.3) is 0 Å². The average molecular weight is 638 g/mol. The van der Waals surface area contributed by atoms with Gasteiger partial charge in [-0.25, -0.2) is 0 Å². The first-order valence-electron chi connectivity index (χ1n) is 16.6. The fraction of sp³-hybridized carbons (Fsp3) is 0.0444. The van der Waals surface area contributed by atoms with Gasteiger partial charge in [-0.05, 0) is 96.3 Å². The number of allylic oxidation sites excluding steroid dienone is 1. The highest BCUT2D eigenvalue weighted by atomic mass is 15.0. The predicted molar refractivity (Wildman–Crippen MR) is 200 cm³/mol. The molecule has 6 aromatic carbocycles. The van der Waals surface area contributed by atoms with Crippen LogP contribution in [0.3, 0.4) is 0 Å². The number of benzene rings is 6. The van der Waals surface area contributed by atoms with Crippen molar-refractivity contribution in [2.24, 2.45) is 0 Å². The normalized spacial score (nSPS) is 12.1. The van der Waals surface area contributed by atoms with E-state index in [1.807, 2.05) is 66.7 Å². The number of fused-ring (bicyclic) bond motifs is 6. The Labute approximate surface area is 289 Å². The van der Waals surface area contributed by atoms with Crippen LogP contribution in [0.25, 0.3) is 72.4 Å². The number of aryl methyl sites for hydroxylation is 1. The van der Waals surface area contributed by atoms with E-state index in [2.05, 4.69) is 100 Å². The Hall–Kier alpha value is -7.13. The van der Waals surface area contributed by atoms with Crippen LogP contribution >= 0.6 is 0 Å². The molecule has 0 spiro atoms. The molecule has 0 fully saturated rings. The zero-order valence-electron chi connectivity index (χ0n) is 26.9. The van der Waals surface area contributed by atoms with Crippen LogP contribution in [0.5, 0.6) is 0 Å². The van der Waals surface area contributed by atoms with E-state index in [0.717, 1.165) is 79.5 Å². The SMILES string of the molecule is N#Cc1ccc2c(c1)c1ccccc1n2-c1ccc(C#N)c(-c2ccc(-c3c(C#N)cccc3-n3c4c(c5ccccc53)CCC=C4)cc2)c1. The lowest BCUT2D eigenvalue weighted by molar-refractivity contribution is 0.968. The molecule has 0 radical (unpaired) electrons. The summed E-state index contributed by atoms with van der Waals surface area (Å²) < 4.78 is 4.49. The van der Waals surface area contributed by atoms with E-state index in [1.54, 1.807) is 0 Å². The molecule has 2 aromatic heterocycles. The van der Waals surface area contributed by atoms with E-state index >= 15 is 0 Å². The summed E-state index contributed by atoms with van der Waals surface area (Å²) in [6, 6.07) is 49.6. The van der Waals surface area contributed by atoms with Crippen molar-refractivity contribution in [1.29, 1.82) is 15.8 Å². The molecule has 5 heteroatoms. The van der Waals surface area contributed by atoms with Gasteiger partial charge < -0.3 is 9.13 Å². The van der Waals surface area contributed by atoms with Crippen molar-refractivity contribution in [2.75, 3.05) is 0 Å². The molecule has 9 rings (SSSR count). The summed E-state index contributed by atoms with van der Waals surface area (Å²) in [5.74, 6) is 0. The van der Waals surface area contributed by atoms with Gasteiger partial charge in [0.2, 0.25) is 0 Å². The van der Waals surface area contributed by atoms with Crippen LogP contribution in [0.4, 0.5) is 0 Å². The Balaban J connectivity index is 1.20. The molecule has 50 heavy (non-hydrogen) atoms. The van der Waals surface area contributed by atoms with E-state index in [4.69, 9.17) is 0 Å². The summed E-state index contributed by atoms with van der Waals surface area (Å²) in [6.45, 7) is 0. The monoisotopic (exact) mass is 637 g/mol. The number of aromatic nitrogens is 2. The fourth-order valence-corrected chi connectivity index (χ4v) is 7.71. The minimum Gasteiger partial charge on any atom is -0.309 e. The van der Waals surface area contributed by atoms with Gasteiger partial charge in [0.05, 0.1) is 57.1 Å². The smallest absolute Gasteiger partial charge is 0.0998 e. The summed E-state index contributed by atoms with van der Waals surface area (Å²) in [5, 5.41) is 33.4. The lowest BCUT2D eigenvalue weighted by atomic mass is 9.94. The molecule has 1 aliphatic rings. The van der Waals surface area contributed by atoms with Crippen molar-refractivity contribution in [3.8, 4) is 51.8 Å².